The van der Waals surface area contributed by atoms with Crippen molar-refractivity contribution in [2.45, 2.75) is 0 Å². The van der Waals surface area contributed by atoms with Crippen LogP contribution in [0.2, 0.25) is 0 Å². The average Bonchev–Trinajstić information content (AvgIpc) is 2.37. The zero-order valence-electron chi connectivity index (χ0n) is 10.00. The lowest BCUT2D eigenvalue weighted by molar-refractivity contribution is 0.0697. The third-order valence-corrected chi connectivity index (χ3v) is 2.63. The minimum Gasteiger partial charge on any atom is -0.478 e. The van der Waals surface area contributed by atoms with Gasteiger partial charge in [0.2, 0.25) is 0 Å². The van der Waals surface area contributed by atoms with Crippen LogP contribution < -0.4 is 4.90 Å². The van der Waals surface area contributed by atoms with Gasteiger partial charge < -0.3 is 10.0 Å². The summed E-state index contributed by atoms with van der Waals surface area (Å²) in [6, 6.07) is 4.83. The molecule has 0 aliphatic rings. The predicted octanol–water partition coefficient (Wildman–Crippen LogP) is 1.95. The lowest BCUT2D eigenvalue weighted by Gasteiger charge is -2.17. The number of benzene rings is 1. The molecule has 0 spiro atoms. The molecule has 18 heavy (non-hydrogen) atoms. The summed E-state index contributed by atoms with van der Waals surface area (Å²) in [6.45, 7) is 4.34. The van der Waals surface area contributed by atoms with Gasteiger partial charge in [-0.05, 0) is 18.2 Å². The number of carboxylic acid groups (broad SMARTS) is 1. The Hall–Kier alpha value is -2.43. The van der Waals surface area contributed by atoms with E-state index in [-0.39, 0.29) is 5.56 Å². The minimum absolute atomic E-state index is 0.221. The van der Waals surface area contributed by atoms with Crippen LogP contribution in [0.25, 0.3) is 10.9 Å². The minimum atomic E-state index is -0.962. The van der Waals surface area contributed by atoms with E-state index >= 15 is 0 Å². The molecule has 0 radical (unpaired) electrons. The largest absolute Gasteiger partial charge is 0.478 e. The monoisotopic (exact) mass is 243 g/mol. The van der Waals surface area contributed by atoms with Gasteiger partial charge in [-0.25, -0.2) is 14.8 Å². The van der Waals surface area contributed by atoms with Gasteiger partial charge >= 0.3 is 5.97 Å². The van der Waals surface area contributed by atoms with E-state index in [1.165, 1.54) is 6.33 Å². The Morgan fingerprint density at radius 3 is 2.94 bits per heavy atom. The first-order valence-corrected chi connectivity index (χ1v) is 5.43. The van der Waals surface area contributed by atoms with Crippen LogP contribution in [0.4, 0.5) is 5.82 Å². The molecule has 0 bridgehead atoms. The van der Waals surface area contributed by atoms with Crippen LogP contribution in [-0.4, -0.2) is 34.6 Å². The first kappa shape index (κ1) is 12.0. The van der Waals surface area contributed by atoms with Gasteiger partial charge in [0, 0.05) is 19.0 Å². The molecule has 1 aromatic heterocycles. The van der Waals surface area contributed by atoms with Crippen molar-refractivity contribution < 1.29 is 9.90 Å². The molecule has 1 heterocycles. The number of likely N-dealkylation sites (N-methyl/N-ethyl adjacent to an activating group) is 1. The van der Waals surface area contributed by atoms with Crippen molar-refractivity contribution in [3.05, 3.63) is 42.7 Å². The number of rotatable bonds is 4. The van der Waals surface area contributed by atoms with E-state index in [2.05, 4.69) is 16.5 Å². The summed E-state index contributed by atoms with van der Waals surface area (Å²) in [5.41, 5.74) is 0.842. The number of carbonyl (C=O) groups is 1. The van der Waals surface area contributed by atoms with Crippen LogP contribution in [0.3, 0.4) is 0 Å². The maximum Gasteiger partial charge on any atom is 0.335 e. The van der Waals surface area contributed by atoms with E-state index in [1.54, 1.807) is 24.3 Å². The van der Waals surface area contributed by atoms with Crippen LogP contribution in [0.15, 0.2) is 37.2 Å². The van der Waals surface area contributed by atoms with Gasteiger partial charge in [0.25, 0.3) is 0 Å². The molecule has 2 rings (SSSR count). The molecule has 1 aromatic carbocycles. The standard InChI is InChI=1S/C13H13N3O2/c1-3-6-16(2)12-10-5-4-9(13(17)18)7-11(10)14-8-15-12/h3-5,7-8H,1,6H2,2H3,(H,17,18). The second-order valence-corrected chi connectivity index (χ2v) is 3.90. The molecule has 0 saturated heterocycles. The van der Waals surface area contributed by atoms with Crippen LogP contribution in [0, 0.1) is 0 Å². The Labute approximate surface area is 104 Å². The number of carboxylic acids is 1. The second-order valence-electron chi connectivity index (χ2n) is 3.90. The summed E-state index contributed by atoms with van der Waals surface area (Å²) in [5, 5.41) is 9.77. The van der Waals surface area contributed by atoms with Crippen molar-refractivity contribution in [3.63, 3.8) is 0 Å². The first-order chi connectivity index (χ1) is 8.63. The number of nitrogens with zero attached hydrogens (tertiary/aromatic N) is 3. The van der Waals surface area contributed by atoms with Gasteiger partial charge in [0.15, 0.2) is 0 Å². The summed E-state index contributed by atoms with van der Waals surface area (Å²) in [4.78, 5) is 21.1. The molecule has 0 aliphatic carbocycles. The molecule has 0 saturated carbocycles. The van der Waals surface area contributed by atoms with Crippen LogP contribution in [-0.2, 0) is 0 Å². The molecular weight excluding hydrogens is 230 g/mol. The summed E-state index contributed by atoms with van der Waals surface area (Å²) in [5.74, 6) is -0.201. The van der Waals surface area contributed by atoms with E-state index < -0.39 is 5.97 Å². The van der Waals surface area contributed by atoms with Crippen molar-refractivity contribution in [2.24, 2.45) is 0 Å². The number of aromatic nitrogens is 2. The number of hydrogen-bond acceptors (Lipinski definition) is 4. The molecule has 0 aliphatic heterocycles. The molecular formula is C13H13N3O2. The highest BCUT2D eigenvalue weighted by Crippen LogP contribution is 2.22. The van der Waals surface area contributed by atoms with Crippen LogP contribution in [0.1, 0.15) is 10.4 Å². The Kier molecular flexibility index (Phi) is 3.23. The third-order valence-electron chi connectivity index (χ3n) is 2.63. The first-order valence-electron chi connectivity index (χ1n) is 5.43. The molecule has 2 aromatic rings. The molecule has 5 heteroatoms. The SMILES string of the molecule is C=CCN(C)c1ncnc2cc(C(=O)O)ccc12. The highest BCUT2D eigenvalue weighted by Gasteiger charge is 2.10. The number of fused-ring (bicyclic) bond motifs is 1. The van der Waals surface area contributed by atoms with Crippen molar-refractivity contribution in [1.82, 2.24) is 9.97 Å². The second kappa shape index (κ2) is 4.83. The van der Waals surface area contributed by atoms with Crippen molar-refractivity contribution in [2.75, 3.05) is 18.5 Å². The predicted molar refractivity (Wildman–Crippen MR) is 70.0 cm³/mol. The average molecular weight is 243 g/mol. The van der Waals surface area contributed by atoms with Gasteiger partial charge in [-0.15, -0.1) is 6.58 Å². The summed E-state index contributed by atoms with van der Waals surface area (Å²) in [6.07, 6.45) is 3.21. The zero-order valence-corrected chi connectivity index (χ0v) is 10.00. The molecule has 0 unspecified atom stereocenters. The molecule has 0 atom stereocenters. The fraction of sp³-hybridized carbons (Fsp3) is 0.154. The van der Waals surface area contributed by atoms with Gasteiger partial charge in [-0.1, -0.05) is 6.08 Å². The number of hydrogen-bond donors (Lipinski definition) is 1. The fourth-order valence-corrected chi connectivity index (χ4v) is 1.76. The Balaban J connectivity index is 2.56. The lowest BCUT2D eigenvalue weighted by atomic mass is 10.1. The van der Waals surface area contributed by atoms with Crippen LogP contribution in [0.5, 0.6) is 0 Å². The van der Waals surface area contributed by atoms with E-state index in [9.17, 15) is 4.79 Å². The Bertz CT molecular complexity index is 610. The van der Waals surface area contributed by atoms with Gasteiger partial charge in [-0.2, -0.15) is 0 Å². The fourth-order valence-electron chi connectivity index (χ4n) is 1.76. The summed E-state index contributed by atoms with van der Waals surface area (Å²) >= 11 is 0. The quantitative estimate of drug-likeness (QED) is 0.831. The van der Waals surface area contributed by atoms with Gasteiger partial charge in [-0.3, -0.25) is 0 Å². The zero-order chi connectivity index (χ0) is 13.1. The highest BCUT2D eigenvalue weighted by atomic mass is 16.4. The van der Waals surface area contributed by atoms with Gasteiger partial charge in [0.05, 0.1) is 11.1 Å². The molecule has 0 fully saturated rings. The van der Waals surface area contributed by atoms with Crippen molar-refractivity contribution in [1.29, 1.82) is 0 Å². The van der Waals surface area contributed by atoms with E-state index in [0.717, 1.165) is 11.2 Å². The van der Waals surface area contributed by atoms with Crippen molar-refractivity contribution in [3.8, 4) is 0 Å². The van der Waals surface area contributed by atoms with Gasteiger partial charge in [0.1, 0.15) is 12.1 Å². The Morgan fingerprint density at radius 2 is 2.28 bits per heavy atom. The van der Waals surface area contributed by atoms with Crippen LogP contribution >= 0.6 is 0 Å². The molecule has 0 amide bonds. The van der Waals surface area contributed by atoms with Crippen molar-refractivity contribution >= 4 is 22.7 Å². The normalized spacial score (nSPS) is 10.3. The molecule has 1 N–H and O–H groups in total. The maximum absolute atomic E-state index is 10.9. The summed E-state index contributed by atoms with van der Waals surface area (Å²) < 4.78 is 0. The third kappa shape index (κ3) is 2.15. The van der Waals surface area contributed by atoms with E-state index in [0.29, 0.717) is 12.1 Å². The van der Waals surface area contributed by atoms with E-state index in [1.807, 2.05) is 11.9 Å². The number of anilines is 1. The molecule has 92 valence electrons. The highest BCUT2D eigenvalue weighted by molar-refractivity contribution is 5.96. The van der Waals surface area contributed by atoms with E-state index in [4.69, 9.17) is 5.11 Å². The summed E-state index contributed by atoms with van der Waals surface area (Å²) in [7, 11) is 1.90. The molecule has 5 nitrogen and oxygen atoms in total. The smallest absolute Gasteiger partial charge is 0.335 e. The maximum atomic E-state index is 10.9. The Morgan fingerprint density at radius 1 is 1.50 bits per heavy atom. The number of aromatic carboxylic acids is 1. The topological polar surface area (TPSA) is 66.3 Å². The lowest BCUT2D eigenvalue weighted by Crippen LogP contribution is -2.18.